The van der Waals surface area contributed by atoms with Crippen molar-refractivity contribution in [3.05, 3.63) is 45.8 Å². The number of thiophene rings is 1. The number of carbonyl (C=O) groups is 2. The molecule has 3 rings (SSSR count). The van der Waals surface area contributed by atoms with E-state index in [1.807, 2.05) is 36.2 Å². The second-order valence-electron chi connectivity index (χ2n) is 6.85. The SMILES string of the molecule is CCOC(=O)c1c(NC(=O)CN(C)Cc2cccc(OC)c2)sc2c1CCC2. The van der Waals surface area contributed by atoms with E-state index in [9.17, 15) is 9.59 Å². The van der Waals surface area contributed by atoms with E-state index >= 15 is 0 Å². The summed E-state index contributed by atoms with van der Waals surface area (Å²) in [6, 6.07) is 7.78. The van der Waals surface area contributed by atoms with Gasteiger partial charge in [-0.3, -0.25) is 9.69 Å². The predicted octanol–water partition coefficient (Wildman–Crippen LogP) is 3.49. The number of amides is 1. The fraction of sp³-hybridized carbons (Fsp3) is 0.429. The van der Waals surface area contributed by atoms with Crippen LogP contribution in [0.25, 0.3) is 0 Å². The first-order valence-electron chi connectivity index (χ1n) is 9.44. The molecule has 0 fully saturated rings. The van der Waals surface area contributed by atoms with Crippen LogP contribution < -0.4 is 10.1 Å². The van der Waals surface area contributed by atoms with Crippen molar-refractivity contribution in [1.82, 2.24) is 4.90 Å². The Balaban J connectivity index is 1.65. The van der Waals surface area contributed by atoms with Crippen LogP contribution in [0.5, 0.6) is 5.75 Å². The summed E-state index contributed by atoms with van der Waals surface area (Å²) in [7, 11) is 3.52. The summed E-state index contributed by atoms with van der Waals surface area (Å²) in [5, 5.41) is 3.54. The molecule has 0 spiro atoms. The molecule has 1 aromatic carbocycles. The number of methoxy groups -OCH3 is 1. The Morgan fingerprint density at radius 1 is 1.29 bits per heavy atom. The highest BCUT2D eigenvalue weighted by Crippen LogP contribution is 2.39. The lowest BCUT2D eigenvalue weighted by Crippen LogP contribution is -2.30. The summed E-state index contributed by atoms with van der Waals surface area (Å²) < 4.78 is 10.5. The number of anilines is 1. The van der Waals surface area contributed by atoms with Crippen LogP contribution >= 0.6 is 11.3 Å². The number of esters is 1. The molecule has 150 valence electrons. The molecule has 2 aromatic rings. The first-order chi connectivity index (χ1) is 13.5. The van der Waals surface area contributed by atoms with Gasteiger partial charge in [-0.2, -0.15) is 0 Å². The van der Waals surface area contributed by atoms with Gasteiger partial charge in [0, 0.05) is 11.4 Å². The van der Waals surface area contributed by atoms with Crippen LogP contribution in [-0.2, 0) is 28.9 Å². The Bertz CT molecular complexity index is 862. The predicted molar refractivity (Wildman–Crippen MR) is 110 cm³/mol. The summed E-state index contributed by atoms with van der Waals surface area (Å²) in [5.74, 6) is 0.306. The van der Waals surface area contributed by atoms with Crippen molar-refractivity contribution in [1.29, 1.82) is 0 Å². The Kier molecular flexibility index (Phi) is 6.70. The van der Waals surface area contributed by atoms with Gasteiger partial charge in [0.15, 0.2) is 0 Å². The Morgan fingerprint density at radius 3 is 2.86 bits per heavy atom. The number of benzene rings is 1. The van der Waals surface area contributed by atoms with Gasteiger partial charge in [0.05, 0.1) is 25.8 Å². The minimum Gasteiger partial charge on any atom is -0.497 e. The number of nitrogens with one attached hydrogen (secondary N) is 1. The maximum atomic E-state index is 12.6. The second kappa shape index (κ2) is 9.21. The van der Waals surface area contributed by atoms with Gasteiger partial charge in [0.2, 0.25) is 5.91 Å². The standard InChI is InChI=1S/C21H26N2O4S/c1-4-27-21(25)19-16-9-6-10-17(16)28-20(19)22-18(24)13-23(2)12-14-7-5-8-15(11-14)26-3/h5,7-8,11H,4,6,9-10,12-13H2,1-3H3,(H,22,24). The number of ether oxygens (including phenoxy) is 2. The molecule has 7 heteroatoms. The fourth-order valence-corrected chi connectivity index (χ4v) is 4.75. The number of rotatable bonds is 8. The molecule has 1 amide bonds. The zero-order valence-electron chi connectivity index (χ0n) is 16.5. The van der Waals surface area contributed by atoms with Crippen LogP contribution in [0.3, 0.4) is 0 Å². The van der Waals surface area contributed by atoms with E-state index in [1.54, 1.807) is 14.0 Å². The zero-order chi connectivity index (χ0) is 20.1. The summed E-state index contributed by atoms with van der Waals surface area (Å²) in [6.45, 7) is 2.95. The molecule has 0 saturated heterocycles. The summed E-state index contributed by atoms with van der Waals surface area (Å²) in [4.78, 5) is 28.1. The van der Waals surface area contributed by atoms with Crippen molar-refractivity contribution in [2.75, 3.05) is 32.6 Å². The molecule has 1 aliphatic carbocycles. The molecule has 1 N–H and O–H groups in total. The van der Waals surface area contributed by atoms with Crippen LogP contribution in [0, 0.1) is 0 Å². The highest BCUT2D eigenvalue weighted by molar-refractivity contribution is 7.17. The third-order valence-corrected chi connectivity index (χ3v) is 5.86. The number of likely N-dealkylation sites (N-methyl/N-ethyl adjacent to an activating group) is 1. The number of hydrogen-bond donors (Lipinski definition) is 1. The van der Waals surface area contributed by atoms with Crippen molar-refractivity contribution in [2.45, 2.75) is 32.7 Å². The third-order valence-electron chi connectivity index (χ3n) is 4.65. The highest BCUT2D eigenvalue weighted by Gasteiger charge is 2.28. The molecule has 1 aromatic heterocycles. The molecule has 0 bridgehead atoms. The first kappa shape index (κ1) is 20.4. The van der Waals surface area contributed by atoms with E-state index in [4.69, 9.17) is 9.47 Å². The van der Waals surface area contributed by atoms with E-state index in [1.165, 1.54) is 16.2 Å². The molecular formula is C21H26N2O4S. The lowest BCUT2D eigenvalue weighted by atomic mass is 10.1. The Hall–Kier alpha value is -2.38. The molecule has 0 atom stereocenters. The topological polar surface area (TPSA) is 67.9 Å². The average Bonchev–Trinajstić information content (AvgIpc) is 3.22. The third kappa shape index (κ3) is 4.72. The minimum absolute atomic E-state index is 0.143. The largest absolute Gasteiger partial charge is 0.497 e. The molecule has 0 radical (unpaired) electrons. The highest BCUT2D eigenvalue weighted by atomic mass is 32.1. The number of nitrogens with zero attached hydrogens (tertiary/aromatic N) is 1. The quantitative estimate of drug-likeness (QED) is 0.685. The maximum absolute atomic E-state index is 12.6. The number of carbonyl (C=O) groups excluding carboxylic acids is 2. The van der Waals surface area contributed by atoms with Crippen LogP contribution in [0.15, 0.2) is 24.3 Å². The molecule has 0 aliphatic heterocycles. The van der Waals surface area contributed by atoms with Crippen molar-refractivity contribution in [2.24, 2.45) is 0 Å². The van der Waals surface area contributed by atoms with Gasteiger partial charge in [-0.25, -0.2) is 4.79 Å². The zero-order valence-corrected chi connectivity index (χ0v) is 17.4. The van der Waals surface area contributed by atoms with Crippen molar-refractivity contribution >= 4 is 28.2 Å². The summed E-state index contributed by atoms with van der Waals surface area (Å²) >= 11 is 1.50. The van der Waals surface area contributed by atoms with Crippen molar-refractivity contribution in [3.8, 4) is 5.75 Å². The second-order valence-corrected chi connectivity index (χ2v) is 7.96. The number of aryl methyl sites for hydroxylation is 1. The number of hydrogen-bond acceptors (Lipinski definition) is 6. The van der Waals surface area contributed by atoms with E-state index in [-0.39, 0.29) is 18.4 Å². The number of fused-ring (bicyclic) bond motifs is 1. The van der Waals surface area contributed by atoms with Crippen LogP contribution in [0.1, 0.15) is 39.7 Å². The van der Waals surface area contributed by atoms with Crippen LogP contribution in [0.2, 0.25) is 0 Å². The van der Waals surface area contributed by atoms with Crippen molar-refractivity contribution in [3.63, 3.8) is 0 Å². The van der Waals surface area contributed by atoms with E-state index < -0.39 is 0 Å². The van der Waals surface area contributed by atoms with Gasteiger partial charge < -0.3 is 14.8 Å². The summed E-state index contributed by atoms with van der Waals surface area (Å²) in [6.07, 6.45) is 2.87. The normalized spacial score (nSPS) is 12.7. The van der Waals surface area contributed by atoms with Gasteiger partial charge >= 0.3 is 5.97 Å². The van der Waals surface area contributed by atoms with Crippen LogP contribution in [0.4, 0.5) is 5.00 Å². The monoisotopic (exact) mass is 402 g/mol. The van der Waals surface area contributed by atoms with Gasteiger partial charge in [-0.05, 0) is 56.5 Å². The minimum atomic E-state index is -0.345. The van der Waals surface area contributed by atoms with Gasteiger partial charge in [-0.15, -0.1) is 11.3 Å². The molecule has 0 unspecified atom stereocenters. The van der Waals surface area contributed by atoms with Gasteiger partial charge in [-0.1, -0.05) is 12.1 Å². The maximum Gasteiger partial charge on any atom is 0.341 e. The lowest BCUT2D eigenvalue weighted by Gasteiger charge is -2.17. The van der Waals surface area contributed by atoms with Gasteiger partial charge in [0.1, 0.15) is 10.8 Å². The molecule has 1 aliphatic rings. The van der Waals surface area contributed by atoms with Crippen molar-refractivity contribution < 1.29 is 19.1 Å². The van der Waals surface area contributed by atoms with E-state index in [2.05, 4.69) is 5.32 Å². The Morgan fingerprint density at radius 2 is 2.11 bits per heavy atom. The lowest BCUT2D eigenvalue weighted by molar-refractivity contribution is -0.117. The molecule has 6 nitrogen and oxygen atoms in total. The van der Waals surface area contributed by atoms with Crippen LogP contribution in [-0.4, -0.2) is 44.1 Å². The summed E-state index contributed by atoms with van der Waals surface area (Å²) in [5.41, 5.74) is 2.66. The Labute approximate surface area is 169 Å². The van der Waals surface area contributed by atoms with E-state index in [0.717, 1.165) is 36.1 Å². The molecule has 0 saturated carbocycles. The van der Waals surface area contributed by atoms with Gasteiger partial charge in [0.25, 0.3) is 0 Å². The smallest absolute Gasteiger partial charge is 0.341 e. The molecule has 1 heterocycles. The molecule has 28 heavy (non-hydrogen) atoms. The first-order valence-corrected chi connectivity index (χ1v) is 10.3. The average molecular weight is 403 g/mol. The van der Waals surface area contributed by atoms with E-state index in [0.29, 0.717) is 23.7 Å². The molecular weight excluding hydrogens is 376 g/mol. The fourth-order valence-electron chi connectivity index (χ4n) is 3.46.